The summed E-state index contributed by atoms with van der Waals surface area (Å²) < 4.78 is 12.2. The number of aliphatic hydroxyl groups is 1. The van der Waals surface area contributed by atoms with Gasteiger partial charge >= 0.3 is 5.97 Å². The fraction of sp³-hybridized carbons (Fsp3) is 0.552. The molecule has 0 aromatic heterocycles. The zero-order valence-electron chi connectivity index (χ0n) is 22.1. The summed E-state index contributed by atoms with van der Waals surface area (Å²) in [4.78, 5) is 45.1. The molecule has 5 atom stereocenters. The van der Waals surface area contributed by atoms with Crippen LogP contribution >= 0.6 is 0 Å². The number of rotatable bonds is 11. The zero-order chi connectivity index (χ0) is 27.0. The Labute approximate surface area is 218 Å². The number of hydrogen-bond acceptors (Lipinski definition) is 6. The van der Waals surface area contributed by atoms with Gasteiger partial charge in [0.15, 0.2) is 0 Å². The minimum absolute atomic E-state index is 0.0410. The van der Waals surface area contributed by atoms with Gasteiger partial charge in [-0.05, 0) is 50.7 Å². The summed E-state index contributed by atoms with van der Waals surface area (Å²) in [6.07, 6.45) is 5.05. The fourth-order valence-electron chi connectivity index (χ4n) is 6.87. The van der Waals surface area contributed by atoms with Crippen LogP contribution in [0.15, 0.2) is 43.5 Å². The molecule has 3 fully saturated rings. The maximum Gasteiger partial charge on any atom is 0.313 e. The lowest BCUT2D eigenvalue weighted by atomic mass is 9.65. The fourth-order valence-corrected chi connectivity index (χ4v) is 6.87. The van der Waals surface area contributed by atoms with Gasteiger partial charge in [0.25, 0.3) is 5.91 Å². The third-order valence-corrected chi connectivity index (χ3v) is 8.36. The van der Waals surface area contributed by atoms with E-state index in [-0.39, 0.29) is 38.1 Å². The number of nitrogens with zero attached hydrogens (tertiary/aromatic N) is 2. The molecule has 1 N–H and O–H groups in total. The van der Waals surface area contributed by atoms with Crippen molar-refractivity contribution in [3.05, 3.63) is 54.6 Å². The van der Waals surface area contributed by atoms with E-state index in [1.165, 1.54) is 11.0 Å². The molecule has 2 unspecified atom stereocenters. The van der Waals surface area contributed by atoms with Gasteiger partial charge in [-0.1, -0.05) is 43.9 Å². The number of fused-ring (bicyclic) bond motifs is 1. The third kappa shape index (κ3) is 4.10. The van der Waals surface area contributed by atoms with Gasteiger partial charge in [0.2, 0.25) is 5.91 Å². The number of esters is 1. The molecular formula is C29H38N2O6. The third-order valence-electron chi connectivity index (χ3n) is 8.36. The van der Waals surface area contributed by atoms with E-state index in [2.05, 4.69) is 13.2 Å². The second-order valence-electron chi connectivity index (χ2n) is 10.3. The van der Waals surface area contributed by atoms with Crippen LogP contribution in [0.5, 0.6) is 0 Å². The lowest BCUT2D eigenvalue weighted by molar-refractivity contribution is -0.159. The lowest BCUT2D eigenvalue weighted by Gasteiger charge is -2.37. The molecule has 1 aromatic rings. The first kappa shape index (κ1) is 27.1. The lowest BCUT2D eigenvalue weighted by Crippen LogP contribution is -2.56. The summed E-state index contributed by atoms with van der Waals surface area (Å²) in [5, 5.41) is 9.57. The Morgan fingerprint density at radius 2 is 1.95 bits per heavy atom. The van der Waals surface area contributed by atoms with Crippen LogP contribution in [-0.4, -0.2) is 71.3 Å². The van der Waals surface area contributed by atoms with E-state index in [0.717, 1.165) is 16.8 Å². The number of amides is 2. The molecule has 3 heterocycles. The minimum Gasteiger partial charge on any atom is -0.461 e. The average molecular weight is 511 g/mol. The van der Waals surface area contributed by atoms with E-state index in [1.54, 1.807) is 11.0 Å². The molecule has 4 rings (SSSR count). The summed E-state index contributed by atoms with van der Waals surface area (Å²) in [5.74, 6) is -2.67. The number of anilines is 1. The van der Waals surface area contributed by atoms with Crippen molar-refractivity contribution in [2.24, 2.45) is 11.8 Å². The van der Waals surface area contributed by atoms with Gasteiger partial charge in [-0.25, -0.2) is 0 Å². The van der Waals surface area contributed by atoms with Crippen LogP contribution < -0.4 is 4.90 Å². The second kappa shape index (κ2) is 10.4. The van der Waals surface area contributed by atoms with Crippen molar-refractivity contribution >= 4 is 23.5 Å². The Bertz CT molecular complexity index is 1080. The van der Waals surface area contributed by atoms with Crippen LogP contribution in [0.2, 0.25) is 0 Å². The summed E-state index contributed by atoms with van der Waals surface area (Å²) in [6.45, 7) is 13.7. The Kier molecular flexibility index (Phi) is 7.62. The van der Waals surface area contributed by atoms with Crippen LogP contribution in [0.1, 0.15) is 43.7 Å². The summed E-state index contributed by atoms with van der Waals surface area (Å²) in [5.41, 5.74) is 0.641. The first-order valence-corrected chi connectivity index (χ1v) is 13.1. The largest absolute Gasteiger partial charge is 0.461 e. The van der Waals surface area contributed by atoms with Gasteiger partial charge < -0.3 is 24.4 Å². The Balaban J connectivity index is 1.83. The molecule has 0 aliphatic carbocycles. The highest BCUT2D eigenvalue weighted by Crippen LogP contribution is 2.64. The van der Waals surface area contributed by atoms with E-state index < -0.39 is 35.0 Å². The monoisotopic (exact) mass is 510 g/mol. The van der Waals surface area contributed by atoms with Crippen molar-refractivity contribution in [2.75, 3.05) is 31.2 Å². The second-order valence-corrected chi connectivity index (χ2v) is 10.3. The number of hydrogen-bond donors (Lipinski definition) is 1. The summed E-state index contributed by atoms with van der Waals surface area (Å²) in [6, 6.07) is 4.91. The topological polar surface area (TPSA) is 96.4 Å². The molecule has 200 valence electrons. The number of aryl methyl sites for hydroxylation is 2. The number of para-hydroxylation sites is 1. The van der Waals surface area contributed by atoms with Crippen LogP contribution in [0.4, 0.5) is 5.69 Å². The average Bonchev–Trinajstić information content (AvgIpc) is 3.48. The molecule has 2 amide bonds. The van der Waals surface area contributed by atoms with Crippen molar-refractivity contribution in [2.45, 2.75) is 63.7 Å². The molecule has 3 saturated heterocycles. The highest BCUT2D eigenvalue weighted by molar-refractivity contribution is 6.05. The number of carbonyl (C=O) groups is 3. The van der Waals surface area contributed by atoms with Gasteiger partial charge in [0, 0.05) is 25.4 Å². The van der Waals surface area contributed by atoms with E-state index in [0.29, 0.717) is 25.7 Å². The van der Waals surface area contributed by atoms with Crippen LogP contribution in [-0.2, 0) is 23.9 Å². The van der Waals surface area contributed by atoms with E-state index in [9.17, 15) is 19.5 Å². The van der Waals surface area contributed by atoms with Crippen LogP contribution in [0, 0.1) is 25.7 Å². The normalized spacial score (nSPS) is 29.8. The molecule has 3 aliphatic rings. The van der Waals surface area contributed by atoms with E-state index in [4.69, 9.17) is 9.47 Å². The molecule has 3 aliphatic heterocycles. The maximum absolute atomic E-state index is 14.5. The van der Waals surface area contributed by atoms with Crippen LogP contribution in [0.3, 0.4) is 0 Å². The molecule has 1 spiro atoms. The van der Waals surface area contributed by atoms with E-state index >= 15 is 0 Å². The van der Waals surface area contributed by atoms with Crippen molar-refractivity contribution in [1.82, 2.24) is 4.90 Å². The first-order chi connectivity index (χ1) is 17.7. The molecule has 8 heteroatoms. The number of likely N-dealkylation sites (tertiary alicyclic amines) is 1. The predicted molar refractivity (Wildman–Crippen MR) is 140 cm³/mol. The smallest absolute Gasteiger partial charge is 0.313 e. The van der Waals surface area contributed by atoms with Crippen LogP contribution in [0.25, 0.3) is 0 Å². The van der Waals surface area contributed by atoms with Crippen molar-refractivity contribution in [1.29, 1.82) is 0 Å². The standard InChI is InChI=1S/C29H38N2O6/c1-6-15-30(23-19(4)11-9-12-20(23)5)26(34)24-29-14-13-28(8-3,37-29)22(27(35)36-18-7-2)21(29)25(33)31(24)16-10-17-32/h6-7,9,11-12,21-22,24,32H,1-2,8,10,13-18H2,3-5H3/t21-,22+,24?,28-,29?/m0/s1. The Morgan fingerprint density at radius 3 is 2.54 bits per heavy atom. The SMILES string of the molecule is C=CCOC(=O)[C@H]1[C@H]2C(=O)N(CCCO)C(C(=O)N(CC=C)c3c(C)cccc3C)C23CC[C@]1(CC)O3. The number of benzene rings is 1. The van der Waals surface area contributed by atoms with Crippen molar-refractivity contribution in [3.63, 3.8) is 0 Å². The van der Waals surface area contributed by atoms with Crippen molar-refractivity contribution in [3.8, 4) is 0 Å². The molecule has 8 nitrogen and oxygen atoms in total. The molecule has 1 aromatic carbocycles. The predicted octanol–water partition coefficient (Wildman–Crippen LogP) is 3.09. The van der Waals surface area contributed by atoms with Gasteiger partial charge in [0.1, 0.15) is 24.2 Å². The summed E-state index contributed by atoms with van der Waals surface area (Å²) >= 11 is 0. The number of aliphatic hydroxyl groups excluding tert-OH is 1. The zero-order valence-corrected chi connectivity index (χ0v) is 22.1. The highest BCUT2D eigenvalue weighted by Gasteiger charge is 2.79. The number of ether oxygens (including phenoxy) is 2. The highest BCUT2D eigenvalue weighted by atomic mass is 16.6. The minimum atomic E-state index is -1.15. The van der Waals surface area contributed by atoms with Gasteiger partial charge in [-0.3, -0.25) is 14.4 Å². The quantitative estimate of drug-likeness (QED) is 0.363. The molecular weight excluding hydrogens is 472 g/mol. The molecule has 0 saturated carbocycles. The van der Waals surface area contributed by atoms with Gasteiger partial charge in [0.05, 0.1) is 11.5 Å². The Hall–Kier alpha value is -2.97. The van der Waals surface area contributed by atoms with Crippen molar-refractivity contribution < 1.29 is 29.0 Å². The van der Waals surface area contributed by atoms with Gasteiger partial charge in [-0.15, -0.1) is 6.58 Å². The molecule has 2 bridgehead atoms. The first-order valence-electron chi connectivity index (χ1n) is 13.1. The maximum atomic E-state index is 14.5. The number of carbonyl (C=O) groups excluding carboxylic acids is 3. The molecule has 37 heavy (non-hydrogen) atoms. The summed E-state index contributed by atoms with van der Waals surface area (Å²) in [7, 11) is 0. The Morgan fingerprint density at radius 1 is 1.24 bits per heavy atom. The van der Waals surface area contributed by atoms with Gasteiger partial charge in [-0.2, -0.15) is 0 Å². The molecule has 0 radical (unpaired) electrons. The van der Waals surface area contributed by atoms with E-state index in [1.807, 2.05) is 39.0 Å².